The lowest BCUT2D eigenvalue weighted by Gasteiger charge is -2.10. The van der Waals surface area contributed by atoms with Gasteiger partial charge in [0.15, 0.2) is 11.5 Å². The number of pyridine rings is 1. The predicted molar refractivity (Wildman–Crippen MR) is 147 cm³/mol. The highest BCUT2D eigenvalue weighted by atomic mass is 32.1. The fourth-order valence-electron chi connectivity index (χ4n) is 4.32. The van der Waals surface area contributed by atoms with Crippen molar-refractivity contribution in [2.75, 3.05) is 25.0 Å². The Hall–Kier alpha value is -4.56. The second kappa shape index (κ2) is 9.15. The van der Waals surface area contributed by atoms with Gasteiger partial charge in [-0.2, -0.15) is 0 Å². The van der Waals surface area contributed by atoms with Crippen LogP contribution in [0.5, 0.6) is 17.2 Å². The Morgan fingerprint density at radius 2 is 1.70 bits per heavy atom. The number of nitrogens with two attached hydrogens (primary N) is 1. The Morgan fingerprint density at radius 3 is 2.46 bits per heavy atom. The number of ether oxygens (including phenoxy) is 3. The van der Waals surface area contributed by atoms with E-state index in [1.165, 1.54) is 16.9 Å². The molecule has 7 nitrogen and oxygen atoms in total. The number of benzene rings is 3. The lowest BCUT2D eigenvalue weighted by Crippen LogP contribution is -2.11. The summed E-state index contributed by atoms with van der Waals surface area (Å²) in [5.41, 5.74) is 12.4. The molecule has 184 valence electrons. The quantitative estimate of drug-likeness (QED) is 0.280. The van der Waals surface area contributed by atoms with Crippen LogP contribution in [0.1, 0.15) is 15.2 Å². The fraction of sp³-hybridized carbons (Fsp3) is 0.103. The SMILES string of the molecule is COc1ccc(-c2cc(-c3ccc(C)cc3)nc3sc(C(=O)Nc4ccc5c(c4)OCO5)c(N)c23)cc1. The molecule has 2 aromatic heterocycles. The molecule has 3 aromatic carbocycles. The topological polar surface area (TPSA) is 95.7 Å². The van der Waals surface area contributed by atoms with E-state index in [4.69, 9.17) is 24.9 Å². The van der Waals surface area contributed by atoms with Crippen LogP contribution < -0.4 is 25.3 Å². The van der Waals surface area contributed by atoms with Crippen molar-refractivity contribution in [2.24, 2.45) is 0 Å². The van der Waals surface area contributed by atoms with E-state index in [9.17, 15) is 4.79 Å². The second-order valence-electron chi connectivity index (χ2n) is 8.70. The first kappa shape index (κ1) is 22.9. The van der Waals surface area contributed by atoms with Gasteiger partial charge in [0.1, 0.15) is 15.5 Å². The lowest BCUT2D eigenvalue weighted by molar-refractivity contribution is 0.103. The van der Waals surface area contributed by atoms with Crippen molar-refractivity contribution in [1.82, 2.24) is 4.98 Å². The smallest absolute Gasteiger partial charge is 0.267 e. The third-order valence-electron chi connectivity index (χ3n) is 6.28. The molecule has 1 aliphatic heterocycles. The van der Waals surface area contributed by atoms with Crippen LogP contribution in [0, 0.1) is 6.92 Å². The van der Waals surface area contributed by atoms with Crippen molar-refractivity contribution in [3.05, 3.63) is 83.2 Å². The number of aromatic nitrogens is 1. The number of hydrogen-bond donors (Lipinski definition) is 2. The van der Waals surface area contributed by atoms with Crippen LogP contribution in [0.4, 0.5) is 11.4 Å². The molecule has 0 saturated carbocycles. The van der Waals surface area contributed by atoms with E-state index < -0.39 is 0 Å². The average molecular weight is 510 g/mol. The van der Waals surface area contributed by atoms with E-state index in [-0.39, 0.29) is 12.7 Å². The maximum atomic E-state index is 13.3. The summed E-state index contributed by atoms with van der Waals surface area (Å²) in [6, 6.07) is 23.3. The minimum absolute atomic E-state index is 0.166. The number of methoxy groups -OCH3 is 1. The van der Waals surface area contributed by atoms with Crippen molar-refractivity contribution in [1.29, 1.82) is 0 Å². The zero-order chi connectivity index (χ0) is 25.5. The van der Waals surface area contributed by atoms with E-state index in [1.807, 2.05) is 49.4 Å². The molecule has 1 aliphatic rings. The highest BCUT2D eigenvalue weighted by molar-refractivity contribution is 7.21. The van der Waals surface area contributed by atoms with Crippen LogP contribution in [-0.4, -0.2) is 24.8 Å². The molecule has 0 radical (unpaired) electrons. The number of nitrogens with zero attached hydrogens (tertiary/aromatic N) is 1. The molecule has 3 heterocycles. The average Bonchev–Trinajstić information content (AvgIpc) is 3.52. The Bertz CT molecular complexity index is 1640. The number of fused-ring (bicyclic) bond motifs is 2. The molecule has 0 spiro atoms. The van der Waals surface area contributed by atoms with Crippen LogP contribution in [0.3, 0.4) is 0 Å². The van der Waals surface area contributed by atoms with Crippen LogP contribution >= 0.6 is 11.3 Å². The molecule has 0 unspecified atom stereocenters. The third kappa shape index (κ3) is 4.21. The molecule has 37 heavy (non-hydrogen) atoms. The molecular weight excluding hydrogens is 486 g/mol. The maximum Gasteiger partial charge on any atom is 0.267 e. The highest BCUT2D eigenvalue weighted by Gasteiger charge is 2.23. The normalized spacial score (nSPS) is 12.1. The van der Waals surface area contributed by atoms with E-state index in [0.717, 1.165) is 33.5 Å². The van der Waals surface area contributed by atoms with Gasteiger partial charge in [0.05, 0.1) is 18.5 Å². The Balaban J connectivity index is 1.46. The zero-order valence-electron chi connectivity index (χ0n) is 20.2. The van der Waals surface area contributed by atoms with Crippen molar-refractivity contribution in [3.8, 4) is 39.6 Å². The van der Waals surface area contributed by atoms with Gasteiger partial charge in [-0.15, -0.1) is 11.3 Å². The monoisotopic (exact) mass is 509 g/mol. The zero-order valence-corrected chi connectivity index (χ0v) is 21.0. The number of carbonyl (C=O) groups excluding carboxylic acids is 1. The minimum atomic E-state index is -0.308. The van der Waals surface area contributed by atoms with Gasteiger partial charge in [-0.05, 0) is 48.4 Å². The van der Waals surface area contributed by atoms with Crippen molar-refractivity contribution in [2.45, 2.75) is 6.92 Å². The minimum Gasteiger partial charge on any atom is -0.497 e. The maximum absolute atomic E-state index is 13.3. The van der Waals surface area contributed by atoms with E-state index in [0.29, 0.717) is 32.6 Å². The van der Waals surface area contributed by atoms with Crippen LogP contribution in [0.2, 0.25) is 0 Å². The number of amides is 1. The van der Waals surface area contributed by atoms with E-state index in [1.54, 1.807) is 25.3 Å². The summed E-state index contributed by atoms with van der Waals surface area (Å²) in [5.74, 6) is 1.69. The first-order chi connectivity index (χ1) is 18.0. The van der Waals surface area contributed by atoms with E-state index >= 15 is 0 Å². The summed E-state index contributed by atoms with van der Waals surface area (Å²) in [5, 5.41) is 3.68. The summed E-state index contributed by atoms with van der Waals surface area (Å²) < 4.78 is 16.1. The Kier molecular flexibility index (Phi) is 5.65. The summed E-state index contributed by atoms with van der Waals surface area (Å²) in [6.07, 6.45) is 0. The number of nitrogen functional groups attached to an aromatic ring is 1. The summed E-state index contributed by atoms with van der Waals surface area (Å²) >= 11 is 1.28. The fourth-order valence-corrected chi connectivity index (χ4v) is 5.34. The van der Waals surface area contributed by atoms with Gasteiger partial charge in [-0.1, -0.05) is 42.0 Å². The van der Waals surface area contributed by atoms with Crippen molar-refractivity contribution < 1.29 is 19.0 Å². The standard InChI is InChI=1S/C29H23N3O4S/c1-16-3-5-18(6-4-16)22-14-21(17-7-10-20(34-2)11-8-17)25-26(30)27(37-29(25)32-22)28(33)31-19-9-12-23-24(13-19)36-15-35-23/h3-14H,15,30H2,1-2H3,(H,31,33). The molecule has 8 heteroatoms. The molecule has 0 fully saturated rings. The van der Waals surface area contributed by atoms with Gasteiger partial charge in [0.25, 0.3) is 5.91 Å². The molecule has 0 atom stereocenters. The molecule has 0 saturated heterocycles. The molecule has 5 aromatic rings. The van der Waals surface area contributed by atoms with Gasteiger partial charge in [-0.3, -0.25) is 4.79 Å². The second-order valence-corrected chi connectivity index (χ2v) is 9.70. The Morgan fingerprint density at radius 1 is 0.973 bits per heavy atom. The number of anilines is 2. The largest absolute Gasteiger partial charge is 0.497 e. The van der Waals surface area contributed by atoms with Crippen LogP contribution in [0.15, 0.2) is 72.8 Å². The molecular formula is C29H23N3O4S. The van der Waals surface area contributed by atoms with Gasteiger partial charge >= 0.3 is 0 Å². The predicted octanol–water partition coefficient (Wildman–Crippen LogP) is 6.51. The van der Waals surface area contributed by atoms with Crippen LogP contribution in [-0.2, 0) is 0 Å². The number of rotatable bonds is 5. The lowest BCUT2D eigenvalue weighted by atomic mass is 9.99. The molecule has 1 amide bonds. The number of carbonyl (C=O) groups is 1. The molecule has 0 aliphatic carbocycles. The summed E-state index contributed by atoms with van der Waals surface area (Å²) in [4.78, 5) is 19.3. The number of nitrogens with one attached hydrogen (secondary N) is 1. The van der Waals surface area contributed by atoms with E-state index in [2.05, 4.69) is 17.4 Å². The summed E-state index contributed by atoms with van der Waals surface area (Å²) in [7, 11) is 1.64. The van der Waals surface area contributed by atoms with Gasteiger partial charge in [-0.25, -0.2) is 4.98 Å². The molecule has 3 N–H and O–H groups in total. The molecule has 6 rings (SSSR count). The Labute approximate surface area is 217 Å². The highest BCUT2D eigenvalue weighted by Crippen LogP contribution is 2.42. The number of hydrogen-bond acceptors (Lipinski definition) is 7. The number of aryl methyl sites for hydroxylation is 1. The van der Waals surface area contributed by atoms with Gasteiger partial charge in [0.2, 0.25) is 6.79 Å². The van der Waals surface area contributed by atoms with Crippen molar-refractivity contribution in [3.63, 3.8) is 0 Å². The molecule has 0 bridgehead atoms. The third-order valence-corrected chi connectivity index (χ3v) is 7.38. The first-order valence-electron chi connectivity index (χ1n) is 11.7. The van der Waals surface area contributed by atoms with Crippen molar-refractivity contribution >= 4 is 38.8 Å². The summed E-state index contributed by atoms with van der Waals surface area (Å²) in [6.45, 7) is 2.22. The van der Waals surface area contributed by atoms with Gasteiger partial charge < -0.3 is 25.3 Å². The number of thiophene rings is 1. The first-order valence-corrected chi connectivity index (χ1v) is 12.5. The van der Waals surface area contributed by atoms with Gasteiger partial charge in [0, 0.05) is 22.7 Å². The van der Waals surface area contributed by atoms with Crippen LogP contribution in [0.25, 0.3) is 32.6 Å².